The molecule has 1 aromatic rings. The number of benzene rings is 1. The van der Waals surface area contributed by atoms with Gasteiger partial charge in [0, 0.05) is 12.1 Å². The highest BCUT2D eigenvalue weighted by molar-refractivity contribution is 5.94. The highest BCUT2D eigenvalue weighted by Gasteiger charge is 2.11. The minimum Gasteiger partial charge on any atom is -0.497 e. The Balaban J connectivity index is 2.65. The fourth-order valence-corrected chi connectivity index (χ4v) is 1.48. The molecule has 1 aromatic carbocycles. The van der Waals surface area contributed by atoms with E-state index in [4.69, 9.17) is 9.47 Å². The first-order valence-electron chi connectivity index (χ1n) is 5.65. The van der Waals surface area contributed by atoms with Crippen molar-refractivity contribution in [1.82, 2.24) is 5.32 Å². The van der Waals surface area contributed by atoms with Crippen LogP contribution in [0.25, 0.3) is 0 Å². The van der Waals surface area contributed by atoms with Crippen LogP contribution in [0.4, 0.5) is 0 Å². The molecule has 1 rings (SSSR count). The number of rotatable bonds is 6. The first kappa shape index (κ1) is 14.8. The van der Waals surface area contributed by atoms with Gasteiger partial charge in [-0.05, 0) is 18.2 Å². The topological polar surface area (TPSA) is 73.9 Å². The highest BCUT2D eigenvalue weighted by Crippen LogP contribution is 2.23. The average molecular weight is 267 g/mol. The third-order valence-corrected chi connectivity index (χ3v) is 2.50. The Bertz CT molecular complexity index is 458. The minimum atomic E-state index is -0.574. The van der Waals surface area contributed by atoms with Gasteiger partial charge in [0.2, 0.25) is 5.91 Å². The SMILES string of the molecule is COC(=O)CC(=O)NCc1cc(OC)ccc1OC. The fraction of sp³-hybridized carbons (Fsp3) is 0.385. The Labute approximate surface area is 111 Å². The maximum Gasteiger partial charge on any atom is 0.315 e. The van der Waals surface area contributed by atoms with Crippen LogP contribution in [0.2, 0.25) is 0 Å². The number of ether oxygens (including phenoxy) is 3. The number of methoxy groups -OCH3 is 3. The molecule has 0 atom stereocenters. The molecule has 0 aliphatic heterocycles. The molecule has 0 aliphatic carbocycles. The molecule has 104 valence electrons. The number of hydrogen-bond donors (Lipinski definition) is 1. The lowest BCUT2D eigenvalue weighted by molar-refractivity contribution is -0.143. The molecule has 0 unspecified atom stereocenters. The van der Waals surface area contributed by atoms with Gasteiger partial charge in [0.05, 0.1) is 21.3 Å². The maximum atomic E-state index is 11.5. The van der Waals surface area contributed by atoms with E-state index in [0.717, 1.165) is 5.56 Å². The van der Waals surface area contributed by atoms with E-state index < -0.39 is 11.9 Å². The lowest BCUT2D eigenvalue weighted by Gasteiger charge is -2.11. The molecule has 19 heavy (non-hydrogen) atoms. The summed E-state index contributed by atoms with van der Waals surface area (Å²) >= 11 is 0. The number of hydrogen-bond acceptors (Lipinski definition) is 5. The summed E-state index contributed by atoms with van der Waals surface area (Å²) in [6.45, 7) is 0.246. The van der Waals surface area contributed by atoms with E-state index >= 15 is 0 Å². The van der Waals surface area contributed by atoms with Gasteiger partial charge in [-0.1, -0.05) is 0 Å². The minimum absolute atomic E-state index is 0.246. The summed E-state index contributed by atoms with van der Waals surface area (Å²) in [7, 11) is 4.34. The standard InChI is InChI=1S/C13H17NO5/c1-17-10-4-5-11(18-2)9(6-10)8-14-12(15)7-13(16)19-3/h4-6H,7-8H2,1-3H3,(H,14,15). The van der Waals surface area contributed by atoms with Crippen LogP contribution in [0, 0.1) is 0 Å². The molecule has 0 saturated carbocycles. The van der Waals surface area contributed by atoms with Crippen molar-refractivity contribution in [2.75, 3.05) is 21.3 Å². The number of carbonyl (C=O) groups is 2. The Hall–Kier alpha value is -2.24. The van der Waals surface area contributed by atoms with E-state index in [1.165, 1.54) is 7.11 Å². The van der Waals surface area contributed by atoms with Crippen molar-refractivity contribution in [3.05, 3.63) is 23.8 Å². The van der Waals surface area contributed by atoms with Crippen molar-refractivity contribution in [2.24, 2.45) is 0 Å². The van der Waals surface area contributed by atoms with Crippen LogP contribution in [-0.4, -0.2) is 33.2 Å². The van der Waals surface area contributed by atoms with E-state index in [1.807, 2.05) is 0 Å². The van der Waals surface area contributed by atoms with Crippen molar-refractivity contribution in [3.63, 3.8) is 0 Å². The lowest BCUT2D eigenvalue weighted by Crippen LogP contribution is -2.25. The Kier molecular flexibility index (Phi) is 5.66. The molecular formula is C13H17NO5. The van der Waals surface area contributed by atoms with Gasteiger partial charge >= 0.3 is 5.97 Å². The van der Waals surface area contributed by atoms with Gasteiger partial charge in [0.1, 0.15) is 17.9 Å². The van der Waals surface area contributed by atoms with Crippen molar-refractivity contribution in [1.29, 1.82) is 0 Å². The number of amides is 1. The van der Waals surface area contributed by atoms with Crippen molar-refractivity contribution < 1.29 is 23.8 Å². The normalized spacial score (nSPS) is 9.63. The highest BCUT2D eigenvalue weighted by atomic mass is 16.5. The van der Waals surface area contributed by atoms with Crippen LogP contribution in [0.3, 0.4) is 0 Å². The quantitative estimate of drug-likeness (QED) is 0.612. The average Bonchev–Trinajstić information content (AvgIpc) is 2.44. The molecule has 6 heteroatoms. The van der Waals surface area contributed by atoms with Crippen molar-refractivity contribution in [2.45, 2.75) is 13.0 Å². The van der Waals surface area contributed by atoms with Crippen molar-refractivity contribution in [3.8, 4) is 11.5 Å². The zero-order valence-electron chi connectivity index (χ0n) is 11.2. The van der Waals surface area contributed by atoms with E-state index in [-0.39, 0.29) is 13.0 Å². The molecule has 6 nitrogen and oxygen atoms in total. The second-order valence-corrected chi connectivity index (χ2v) is 3.71. The van der Waals surface area contributed by atoms with Crippen LogP contribution < -0.4 is 14.8 Å². The largest absolute Gasteiger partial charge is 0.497 e. The monoisotopic (exact) mass is 267 g/mol. The van der Waals surface area contributed by atoms with Crippen molar-refractivity contribution >= 4 is 11.9 Å². The van der Waals surface area contributed by atoms with E-state index in [9.17, 15) is 9.59 Å². The van der Waals surface area contributed by atoms with Gasteiger partial charge in [0.15, 0.2) is 0 Å². The molecule has 0 heterocycles. The van der Waals surface area contributed by atoms with Crippen LogP contribution in [0.1, 0.15) is 12.0 Å². The summed E-state index contributed by atoms with van der Waals surface area (Å²) in [6, 6.07) is 5.27. The zero-order chi connectivity index (χ0) is 14.3. The number of nitrogens with one attached hydrogen (secondary N) is 1. The molecule has 1 amide bonds. The van der Waals surface area contributed by atoms with E-state index in [0.29, 0.717) is 11.5 Å². The molecule has 0 bridgehead atoms. The van der Waals surface area contributed by atoms with Crippen LogP contribution in [0.5, 0.6) is 11.5 Å². The molecule has 0 aromatic heterocycles. The summed E-state index contributed by atoms with van der Waals surface area (Å²) in [5.74, 6) is 0.323. The second kappa shape index (κ2) is 7.25. The number of esters is 1. The van der Waals surface area contributed by atoms with E-state index in [2.05, 4.69) is 10.1 Å². The summed E-state index contributed by atoms with van der Waals surface area (Å²) in [6.07, 6.45) is -0.303. The maximum absolute atomic E-state index is 11.5. The van der Waals surface area contributed by atoms with Crippen LogP contribution in [0.15, 0.2) is 18.2 Å². The molecule has 0 radical (unpaired) electrons. The molecule has 0 fully saturated rings. The summed E-state index contributed by atoms with van der Waals surface area (Å²) in [5.41, 5.74) is 0.764. The van der Waals surface area contributed by atoms with Crippen LogP contribution in [-0.2, 0) is 20.9 Å². The van der Waals surface area contributed by atoms with Gasteiger partial charge in [-0.2, -0.15) is 0 Å². The predicted octanol–water partition coefficient (Wildman–Crippen LogP) is 0.883. The first-order chi connectivity index (χ1) is 9.10. The van der Waals surface area contributed by atoms with Gasteiger partial charge in [-0.15, -0.1) is 0 Å². The Morgan fingerprint density at radius 1 is 1.16 bits per heavy atom. The molecule has 0 spiro atoms. The second-order valence-electron chi connectivity index (χ2n) is 3.71. The van der Waals surface area contributed by atoms with Gasteiger partial charge in [-0.3, -0.25) is 9.59 Å². The predicted molar refractivity (Wildman–Crippen MR) is 68.0 cm³/mol. The molecule has 0 saturated heterocycles. The third kappa shape index (κ3) is 4.50. The van der Waals surface area contributed by atoms with Crippen LogP contribution >= 0.6 is 0 Å². The van der Waals surface area contributed by atoms with Gasteiger partial charge in [-0.25, -0.2) is 0 Å². The molecule has 1 N–H and O–H groups in total. The number of carbonyl (C=O) groups excluding carboxylic acids is 2. The Morgan fingerprint density at radius 2 is 1.89 bits per heavy atom. The summed E-state index contributed by atoms with van der Waals surface area (Å²) in [5, 5.41) is 2.61. The first-order valence-corrected chi connectivity index (χ1v) is 5.65. The molecule has 0 aliphatic rings. The van der Waals surface area contributed by atoms with E-state index in [1.54, 1.807) is 32.4 Å². The van der Waals surface area contributed by atoms with Gasteiger partial charge in [0.25, 0.3) is 0 Å². The zero-order valence-corrected chi connectivity index (χ0v) is 11.2. The Morgan fingerprint density at radius 3 is 2.47 bits per heavy atom. The summed E-state index contributed by atoms with van der Waals surface area (Å²) < 4.78 is 14.7. The lowest BCUT2D eigenvalue weighted by atomic mass is 10.2. The third-order valence-electron chi connectivity index (χ3n) is 2.50. The summed E-state index contributed by atoms with van der Waals surface area (Å²) in [4.78, 5) is 22.4. The fourth-order valence-electron chi connectivity index (χ4n) is 1.48. The van der Waals surface area contributed by atoms with Gasteiger partial charge < -0.3 is 19.5 Å². The smallest absolute Gasteiger partial charge is 0.315 e. The molecular weight excluding hydrogens is 250 g/mol.